The third-order valence-corrected chi connectivity index (χ3v) is 3.78. The highest BCUT2D eigenvalue weighted by molar-refractivity contribution is 5.77. The van der Waals surface area contributed by atoms with Crippen LogP contribution in [0.4, 0.5) is 0 Å². The molecule has 0 heterocycles. The van der Waals surface area contributed by atoms with Gasteiger partial charge in [0.1, 0.15) is 0 Å². The van der Waals surface area contributed by atoms with Crippen LogP contribution in [0.25, 0.3) is 0 Å². The van der Waals surface area contributed by atoms with Crippen LogP contribution in [0.3, 0.4) is 0 Å². The summed E-state index contributed by atoms with van der Waals surface area (Å²) in [5.74, 6) is 0.493. The van der Waals surface area contributed by atoms with Crippen molar-refractivity contribution in [3.63, 3.8) is 0 Å². The van der Waals surface area contributed by atoms with Gasteiger partial charge in [0.2, 0.25) is 0 Å². The molecule has 0 aliphatic carbocycles. The summed E-state index contributed by atoms with van der Waals surface area (Å²) in [6, 6.07) is 20.4. The summed E-state index contributed by atoms with van der Waals surface area (Å²) in [5.41, 5.74) is 8.32. The molecule has 0 bridgehead atoms. The second-order valence-electron chi connectivity index (χ2n) is 5.93. The molecule has 140 valence electrons. The maximum atomic E-state index is 5.85. The summed E-state index contributed by atoms with van der Waals surface area (Å²) in [6.45, 7) is 3.93. The first-order valence-electron chi connectivity index (χ1n) is 9.12. The fraction of sp³-hybridized carbons (Fsp3) is 0.381. The highest BCUT2D eigenvalue weighted by Gasteiger charge is 1.95. The van der Waals surface area contributed by atoms with Gasteiger partial charge in [-0.3, -0.25) is 4.99 Å². The Labute approximate surface area is 156 Å². The van der Waals surface area contributed by atoms with Crippen molar-refractivity contribution in [1.29, 1.82) is 0 Å². The third-order valence-electron chi connectivity index (χ3n) is 3.78. The van der Waals surface area contributed by atoms with Crippen molar-refractivity contribution < 1.29 is 9.47 Å². The normalized spacial score (nSPS) is 11.5. The molecule has 2 aromatic carbocycles. The first-order chi connectivity index (χ1) is 12.8. The molecule has 5 nitrogen and oxygen atoms in total. The molecule has 0 atom stereocenters. The summed E-state index contributed by atoms with van der Waals surface area (Å²) >= 11 is 0. The molecule has 26 heavy (non-hydrogen) atoms. The number of nitrogens with one attached hydrogen (secondary N) is 1. The smallest absolute Gasteiger partial charge is 0.188 e. The number of nitrogens with zero attached hydrogens (tertiary/aromatic N) is 1. The standard InChI is InChI=1S/C21H29N3O2/c22-21(24-14-12-19-8-3-1-4-9-19)23-13-7-15-25-16-17-26-18-20-10-5-2-6-11-20/h1-6,8-11H,7,12-18H2,(H3,22,23,24). The van der Waals surface area contributed by atoms with Crippen LogP contribution >= 0.6 is 0 Å². The highest BCUT2D eigenvalue weighted by Crippen LogP contribution is 2.00. The molecule has 5 heteroatoms. The van der Waals surface area contributed by atoms with E-state index in [4.69, 9.17) is 15.2 Å². The molecular weight excluding hydrogens is 326 g/mol. The molecule has 0 amide bonds. The lowest BCUT2D eigenvalue weighted by atomic mass is 10.1. The molecule has 0 fully saturated rings. The maximum absolute atomic E-state index is 5.85. The van der Waals surface area contributed by atoms with Crippen molar-refractivity contribution in [2.24, 2.45) is 10.7 Å². The number of aliphatic imine (C=N–C) groups is 1. The second-order valence-corrected chi connectivity index (χ2v) is 5.93. The van der Waals surface area contributed by atoms with Gasteiger partial charge in [-0.1, -0.05) is 60.7 Å². The van der Waals surface area contributed by atoms with Crippen molar-refractivity contribution in [3.05, 3.63) is 71.8 Å². The Balaban J connectivity index is 1.41. The van der Waals surface area contributed by atoms with Crippen molar-refractivity contribution in [2.75, 3.05) is 32.9 Å². The Morgan fingerprint density at radius 1 is 0.846 bits per heavy atom. The summed E-state index contributed by atoms with van der Waals surface area (Å²) in [4.78, 5) is 4.30. The van der Waals surface area contributed by atoms with E-state index < -0.39 is 0 Å². The minimum absolute atomic E-state index is 0.493. The SMILES string of the molecule is NC(=NCCCOCCOCc1ccccc1)NCCc1ccccc1. The van der Waals surface area contributed by atoms with Crippen LogP contribution in [0.2, 0.25) is 0 Å². The number of hydrogen-bond acceptors (Lipinski definition) is 3. The summed E-state index contributed by atoms with van der Waals surface area (Å²) in [7, 11) is 0. The van der Waals surface area contributed by atoms with Gasteiger partial charge in [0.05, 0.1) is 19.8 Å². The lowest BCUT2D eigenvalue weighted by Crippen LogP contribution is -2.33. The molecule has 0 aromatic heterocycles. The number of rotatable bonds is 12. The number of guanidine groups is 1. The van der Waals surface area contributed by atoms with E-state index >= 15 is 0 Å². The Hall–Kier alpha value is -2.37. The van der Waals surface area contributed by atoms with Crippen LogP contribution in [-0.2, 0) is 22.5 Å². The van der Waals surface area contributed by atoms with Crippen LogP contribution < -0.4 is 11.1 Å². The van der Waals surface area contributed by atoms with E-state index in [-0.39, 0.29) is 0 Å². The zero-order valence-corrected chi connectivity index (χ0v) is 15.3. The predicted molar refractivity (Wildman–Crippen MR) is 106 cm³/mol. The van der Waals surface area contributed by atoms with Crippen molar-refractivity contribution in [2.45, 2.75) is 19.4 Å². The fourth-order valence-corrected chi connectivity index (χ4v) is 2.39. The van der Waals surface area contributed by atoms with Gasteiger partial charge in [-0.05, 0) is 24.0 Å². The van der Waals surface area contributed by atoms with Crippen LogP contribution in [0.1, 0.15) is 17.5 Å². The number of hydrogen-bond donors (Lipinski definition) is 2. The Morgan fingerprint density at radius 2 is 1.50 bits per heavy atom. The molecule has 0 spiro atoms. The summed E-state index contributed by atoms with van der Waals surface area (Å²) < 4.78 is 11.1. The number of ether oxygens (including phenoxy) is 2. The third kappa shape index (κ3) is 9.20. The Bertz CT molecular complexity index is 618. The average molecular weight is 355 g/mol. The topological polar surface area (TPSA) is 68.9 Å². The van der Waals surface area contributed by atoms with Gasteiger partial charge in [-0.2, -0.15) is 0 Å². The van der Waals surface area contributed by atoms with E-state index in [0.717, 1.165) is 19.4 Å². The highest BCUT2D eigenvalue weighted by atomic mass is 16.5. The van der Waals surface area contributed by atoms with Gasteiger partial charge in [-0.25, -0.2) is 0 Å². The minimum atomic E-state index is 0.493. The van der Waals surface area contributed by atoms with Crippen molar-refractivity contribution in [1.82, 2.24) is 5.32 Å². The van der Waals surface area contributed by atoms with E-state index in [0.29, 0.717) is 38.9 Å². The van der Waals surface area contributed by atoms with Crippen LogP contribution in [0.15, 0.2) is 65.7 Å². The van der Waals surface area contributed by atoms with Gasteiger partial charge < -0.3 is 20.5 Å². The zero-order valence-electron chi connectivity index (χ0n) is 15.3. The first kappa shape index (κ1) is 19.9. The Kier molecular flexibility index (Phi) is 9.91. The summed E-state index contributed by atoms with van der Waals surface area (Å²) in [6.07, 6.45) is 1.78. The van der Waals surface area contributed by atoms with E-state index in [9.17, 15) is 0 Å². The average Bonchev–Trinajstić information content (AvgIpc) is 2.68. The summed E-state index contributed by atoms with van der Waals surface area (Å²) in [5, 5.41) is 3.13. The second kappa shape index (κ2) is 12.9. The van der Waals surface area contributed by atoms with Gasteiger partial charge in [0.25, 0.3) is 0 Å². The molecule has 0 aliphatic heterocycles. The zero-order chi connectivity index (χ0) is 18.3. The molecule has 2 aromatic rings. The molecule has 0 saturated heterocycles. The molecule has 0 unspecified atom stereocenters. The minimum Gasteiger partial charge on any atom is -0.379 e. The largest absolute Gasteiger partial charge is 0.379 e. The van der Waals surface area contributed by atoms with Gasteiger partial charge in [0.15, 0.2) is 5.96 Å². The monoisotopic (exact) mass is 355 g/mol. The van der Waals surface area contributed by atoms with E-state index in [1.165, 1.54) is 11.1 Å². The molecule has 2 rings (SSSR count). The van der Waals surface area contributed by atoms with E-state index in [2.05, 4.69) is 34.6 Å². The van der Waals surface area contributed by atoms with Crippen LogP contribution in [-0.4, -0.2) is 38.9 Å². The quantitative estimate of drug-likeness (QED) is 0.349. The molecule has 0 radical (unpaired) electrons. The first-order valence-corrected chi connectivity index (χ1v) is 9.12. The fourth-order valence-electron chi connectivity index (χ4n) is 2.39. The lowest BCUT2D eigenvalue weighted by Gasteiger charge is -2.07. The van der Waals surface area contributed by atoms with Crippen molar-refractivity contribution >= 4 is 5.96 Å². The van der Waals surface area contributed by atoms with E-state index in [1.807, 2.05) is 36.4 Å². The maximum Gasteiger partial charge on any atom is 0.188 e. The lowest BCUT2D eigenvalue weighted by molar-refractivity contribution is 0.0403. The van der Waals surface area contributed by atoms with Gasteiger partial charge >= 0.3 is 0 Å². The van der Waals surface area contributed by atoms with Crippen LogP contribution in [0, 0.1) is 0 Å². The number of benzene rings is 2. The Morgan fingerprint density at radius 3 is 2.23 bits per heavy atom. The van der Waals surface area contributed by atoms with E-state index in [1.54, 1.807) is 0 Å². The molecule has 3 N–H and O–H groups in total. The molecule has 0 aliphatic rings. The molecule has 0 saturated carbocycles. The predicted octanol–water partition coefficient (Wildman–Crippen LogP) is 2.76. The van der Waals surface area contributed by atoms with Gasteiger partial charge in [0, 0.05) is 19.7 Å². The van der Waals surface area contributed by atoms with Crippen molar-refractivity contribution in [3.8, 4) is 0 Å². The van der Waals surface area contributed by atoms with Crippen LogP contribution in [0.5, 0.6) is 0 Å². The number of nitrogens with two attached hydrogens (primary N) is 1. The van der Waals surface area contributed by atoms with Gasteiger partial charge in [-0.15, -0.1) is 0 Å². The molecular formula is C21H29N3O2.